The highest BCUT2D eigenvalue weighted by Gasteiger charge is 2.26. The number of fused-ring (bicyclic) bond motifs is 1. The van der Waals surface area contributed by atoms with Crippen molar-refractivity contribution in [1.82, 2.24) is 29.9 Å². The predicted octanol–water partition coefficient (Wildman–Crippen LogP) is 4.42. The van der Waals surface area contributed by atoms with E-state index in [1.165, 1.54) is 57.2 Å². The summed E-state index contributed by atoms with van der Waals surface area (Å²) in [4.78, 5) is 25.8. The Morgan fingerprint density at radius 3 is 2.15 bits per heavy atom. The summed E-state index contributed by atoms with van der Waals surface area (Å²) in [6.07, 6.45) is 9.51. The number of carbonyl (C=O) groups excluding carboxylic acids is 1. The summed E-state index contributed by atoms with van der Waals surface area (Å²) in [5.74, 6) is 1.64. The number of piperidine rings is 2. The van der Waals surface area contributed by atoms with Crippen LogP contribution in [0.1, 0.15) is 73.3 Å². The van der Waals surface area contributed by atoms with Gasteiger partial charge in [0.2, 0.25) is 0 Å². The van der Waals surface area contributed by atoms with E-state index in [9.17, 15) is 4.79 Å². The van der Waals surface area contributed by atoms with Crippen LogP contribution < -0.4 is 10.2 Å². The molecule has 8 heteroatoms. The summed E-state index contributed by atoms with van der Waals surface area (Å²) < 4.78 is 1.76. The third-order valence-corrected chi connectivity index (χ3v) is 9.33. The van der Waals surface area contributed by atoms with Crippen molar-refractivity contribution in [3.8, 4) is 0 Å². The summed E-state index contributed by atoms with van der Waals surface area (Å²) in [7, 11) is 1.89. The summed E-state index contributed by atoms with van der Waals surface area (Å²) in [5, 5.41) is 8.71. The fraction of sp³-hybridized carbons (Fsp3) is 0.594. The van der Waals surface area contributed by atoms with Crippen molar-refractivity contribution in [3.63, 3.8) is 0 Å². The van der Waals surface area contributed by atoms with Crippen LogP contribution in [0.15, 0.2) is 42.5 Å². The second kappa shape index (κ2) is 12.7. The lowest BCUT2D eigenvalue weighted by Crippen LogP contribution is -2.47. The molecule has 0 atom stereocenters. The number of hydrogen-bond acceptors (Lipinski definition) is 6. The van der Waals surface area contributed by atoms with Gasteiger partial charge < -0.3 is 20.0 Å². The maximum Gasteiger partial charge on any atom is 0.272 e. The molecule has 1 amide bonds. The van der Waals surface area contributed by atoms with Gasteiger partial charge in [0.1, 0.15) is 5.82 Å². The number of anilines is 1. The Hall–Kier alpha value is -2.97. The number of aromatic nitrogens is 3. The summed E-state index contributed by atoms with van der Waals surface area (Å²) in [6, 6.07) is 15.3. The Morgan fingerprint density at radius 1 is 0.825 bits per heavy atom. The molecule has 0 bridgehead atoms. The lowest BCUT2D eigenvalue weighted by Gasteiger charge is -2.36. The average Bonchev–Trinajstić information content (AvgIpc) is 3.15. The lowest BCUT2D eigenvalue weighted by molar-refractivity contribution is 0.0900. The maximum absolute atomic E-state index is 13.3. The SMILES string of the molecule is Cn1nc(C(=O)NC2CCN(CCN3CCC(c4ccccc4)CC3)CC2)c2ccc(N3CCCCCC3)nc21. The number of nitrogens with zero attached hydrogens (tertiary/aromatic N) is 6. The monoisotopic (exact) mass is 543 g/mol. The van der Waals surface area contributed by atoms with Gasteiger partial charge in [0.05, 0.1) is 5.39 Å². The first-order chi connectivity index (χ1) is 19.6. The van der Waals surface area contributed by atoms with E-state index in [2.05, 4.69) is 61.5 Å². The fourth-order valence-corrected chi connectivity index (χ4v) is 6.82. The number of carbonyl (C=O) groups is 1. The lowest BCUT2D eigenvalue weighted by atomic mass is 9.89. The zero-order valence-corrected chi connectivity index (χ0v) is 24.1. The molecular formula is C32H45N7O. The van der Waals surface area contributed by atoms with Crippen molar-refractivity contribution in [1.29, 1.82) is 0 Å². The van der Waals surface area contributed by atoms with Gasteiger partial charge in [-0.2, -0.15) is 5.10 Å². The number of nitrogens with one attached hydrogen (secondary N) is 1. The molecule has 2 aromatic heterocycles. The molecular weight excluding hydrogens is 498 g/mol. The minimum atomic E-state index is -0.0744. The van der Waals surface area contributed by atoms with Gasteiger partial charge in [-0.3, -0.25) is 4.79 Å². The molecule has 0 saturated carbocycles. The molecule has 40 heavy (non-hydrogen) atoms. The van der Waals surface area contributed by atoms with Crippen LogP contribution in [0, 0.1) is 0 Å². The largest absolute Gasteiger partial charge is 0.357 e. The molecule has 0 aliphatic carbocycles. The number of likely N-dealkylation sites (tertiary alicyclic amines) is 2. The Kier molecular flexibility index (Phi) is 8.63. The smallest absolute Gasteiger partial charge is 0.272 e. The Balaban J connectivity index is 0.965. The molecule has 3 aliphatic rings. The average molecular weight is 544 g/mol. The van der Waals surface area contributed by atoms with Crippen molar-refractivity contribution in [3.05, 3.63) is 53.7 Å². The molecule has 0 radical (unpaired) electrons. The third kappa shape index (κ3) is 6.33. The molecule has 3 saturated heterocycles. The van der Waals surface area contributed by atoms with Crippen LogP contribution in [0.3, 0.4) is 0 Å². The van der Waals surface area contributed by atoms with Crippen molar-refractivity contribution in [2.75, 3.05) is 57.3 Å². The standard InChI is InChI=1S/C32H45N7O/c1-36-31-28(11-12-29(34-31)39-17-7-2-3-8-18-39)30(35-36)32(40)33-27-15-21-38(22-16-27)24-23-37-19-13-26(14-20-37)25-9-5-4-6-10-25/h4-6,9-12,26-27H,2-3,7-8,13-24H2,1H3,(H,33,40). The third-order valence-electron chi connectivity index (χ3n) is 9.33. The zero-order chi connectivity index (χ0) is 27.3. The van der Waals surface area contributed by atoms with Crippen LogP contribution in [0.2, 0.25) is 0 Å². The predicted molar refractivity (Wildman–Crippen MR) is 161 cm³/mol. The molecule has 214 valence electrons. The molecule has 3 aliphatic heterocycles. The highest BCUT2D eigenvalue weighted by molar-refractivity contribution is 6.04. The molecule has 1 aromatic carbocycles. The van der Waals surface area contributed by atoms with E-state index in [1.54, 1.807) is 4.68 Å². The van der Waals surface area contributed by atoms with E-state index >= 15 is 0 Å². The summed E-state index contributed by atoms with van der Waals surface area (Å²) >= 11 is 0. The minimum Gasteiger partial charge on any atom is -0.357 e. The first-order valence-corrected chi connectivity index (χ1v) is 15.5. The van der Waals surface area contributed by atoms with Gasteiger partial charge >= 0.3 is 0 Å². The van der Waals surface area contributed by atoms with Gasteiger partial charge in [0.25, 0.3) is 5.91 Å². The quantitative estimate of drug-likeness (QED) is 0.476. The minimum absolute atomic E-state index is 0.0744. The van der Waals surface area contributed by atoms with Crippen LogP contribution in [0.5, 0.6) is 0 Å². The molecule has 0 unspecified atom stereocenters. The van der Waals surface area contributed by atoms with Crippen molar-refractivity contribution >= 4 is 22.8 Å². The Morgan fingerprint density at radius 2 is 1.48 bits per heavy atom. The molecule has 6 rings (SSSR count). The number of hydrogen-bond donors (Lipinski definition) is 1. The van der Waals surface area contributed by atoms with Gasteiger partial charge in [-0.25, -0.2) is 9.67 Å². The number of aryl methyl sites for hydroxylation is 1. The number of pyridine rings is 1. The van der Waals surface area contributed by atoms with E-state index in [0.717, 1.165) is 69.0 Å². The molecule has 8 nitrogen and oxygen atoms in total. The second-order valence-electron chi connectivity index (χ2n) is 12.0. The van der Waals surface area contributed by atoms with Gasteiger partial charge in [-0.1, -0.05) is 43.2 Å². The van der Waals surface area contributed by atoms with E-state index in [0.29, 0.717) is 11.6 Å². The van der Waals surface area contributed by atoms with Gasteiger partial charge in [-0.05, 0) is 75.2 Å². The van der Waals surface area contributed by atoms with Gasteiger partial charge in [-0.15, -0.1) is 0 Å². The van der Waals surface area contributed by atoms with Crippen LogP contribution in [-0.2, 0) is 7.05 Å². The van der Waals surface area contributed by atoms with Gasteiger partial charge in [0, 0.05) is 52.4 Å². The van der Waals surface area contributed by atoms with Crippen LogP contribution >= 0.6 is 0 Å². The zero-order valence-electron chi connectivity index (χ0n) is 24.1. The summed E-state index contributed by atoms with van der Waals surface area (Å²) in [6.45, 7) is 8.82. The second-order valence-corrected chi connectivity index (χ2v) is 12.0. The highest BCUT2D eigenvalue weighted by Crippen LogP contribution is 2.28. The van der Waals surface area contributed by atoms with Crippen LogP contribution in [0.4, 0.5) is 5.82 Å². The molecule has 3 aromatic rings. The number of amides is 1. The van der Waals surface area contributed by atoms with Crippen molar-refractivity contribution in [2.45, 2.75) is 63.3 Å². The first kappa shape index (κ1) is 27.2. The number of benzene rings is 1. The summed E-state index contributed by atoms with van der Waals surface area (Å²) in [5.41, 5.74) is 2.78. The van der Waals surface area contributed by atoms with Crippen LogP contribution in [-0.4, -0.2) is 88.9 Å². The fourth-order valence-electron chi connectivity index (χ4n) is 6.82. The molecule has 1 N–H and O–H groups in total. The van der Waals surface area contributed by atoms with E-state index < -0.39 is 0 Å². The number of rotatable bonds is 7. The highest BCUT2D eigenvalue weighted by atomic mass is 16.2. The Labute approximate surface area is 238 Å². The van der Waals surface area contributed by atoms with E-state index in [4.69, 9.17) is 4.98 Å². The topological polar surface area (TPSA) is 69.5 Å². The van der Waals surface area contributed by atoms with Gasteiger partial charge in [0.15, 0.2) is 11.3 Å². The normalized spacial score (nSPS) is 20.6. The first-order valence-electron chi connectivity index (χ1n) is 15.5. The Bertz CT molecular complexity index is 1250. The van der Waals surface area contributed by atoms with Crippen molar-refractivity contribution in [2.24, 2.45) is 7.05 Å². The van der Waals surface area contributed by atoms with E-state index in [-0.39, 0.29) is 11.9 Å². The molecule has 0 spiro atoms. The molecule has 3 fully saturated rings. The molecule has 5 heterocycles. The van der Waals surface area contributed by atoms with E-state index in [1.807, 2.05) is 13.1 Å². The van der Waals surface area contributed by atoms with Crippen molar-refractivity contribution < 1.29 is 4.79 Å². The maximum atomic E-state index is 13.3. The van der Waals surface area contributed by atoms with Crippen LogP contribution in [0.25, 0.3) is 11.0 Å².